The minimum absolute atomic E-state index is 0.0280. The number of amides is 4. The van der Waals surface area contributed by atoms with Gasteiger partial charge in [-0.2, -0.15) is 13.2 Å². The number of aromatic nitrogens is 3. The summed E-state index contributed by atoms with van der Waals surface area (Å²) >= 11 is 1.51. The Morgan fingerprint density at radius 2 is 1.57 bits per heavy atom. The molecule has 2 saturated heterocycles. The number of Topliss-reactive ketones (excluding diaryl/α,β-unsaturated/α-hetero) is 1. The number of anilines is 2. The van der Waals surface area contributed by atoms with Crippen LogP contribution in [0.3, 0.4) is 0 Å². The second-order valence-corrected chi connectivity index (χ2v) is 23.4. The molecule has 8 rings (SSSR count). The number of aryl methyl sites for hydroxylation is 2. The number of β-amino-alcohol motifs (C(OH)–C–C–N with tert-alkyl or cyclic N) is 1. The average Bonchev–Trinajstić information content (AvgIpc) is 3.68. The van der Waals surface area contributed by atoms with Gasteiger partial charge in [0.25, 0.3) is 5.91 Å². The first-order valence-electron chi connectivity index (χ1n) is 28.5. The summed E-state index contributed by atoms with van der Waals surface area (Å²) < 4.78 is 63.5. The van der Waals surface area contributed by atoms with E-state index >= 15 is 4.39 Å². The van der Waals surface area contributed by atoms with Gasteiger partial charge in [-0.25, -0.2) is 9.37 Å². The molecular weight excluding hydrogens is 1110 g/mol. The van der Waals surface area contributed by atoms with Crippen molar-refractivity contribution in [2.45, 2.75) is 142 Å². The molecule has 0 saturated carbocycles. The molecule has 2 aliphatic rings. The zero-order valence-electron chi connectivity index (χ0n) is 48.3. The van der Waals surface area contributed by atoms with Crippen LogP contribution in [0.1, 0.15) is 146 Å². The van der Waals surface area contributed by atoms with Crippen molar-refractivity contribution in [2.24, 2.45) is 5.92 Å². The van der Waals surface area contributed by atoms with Gasteiger partial charge in [-0.15, -0.1) is 11.3 Å². The molecule has 0 unspecified atom stereocenters. The summed E-state index contributed by atoms with van der Waals surface area (Å²) in [5.41, 5.74) is 2.97. The van der Waals surface area contributed by atoms with Gasteiger partial charge in [0, 0.05) is 80.6 Å². The summed E-state index contributed by atoms with van der Waals surface area (Å²) in [5.74, 6) is -3.72. The first-order valence-corrected chi connectivity index (χ1v) is 29.4. The molecule has 2 aliphatic heterocycles. The third-order valence-corrected chi connectivity index (χ3v) is 16.9. The number of carbonyl (C=O) groups is 5. The number of alkyl halides is 3. The van der Waals surface area contributed by atoms with E-state index in [0.717, 1.165) is 54.1 Å². The van der Waals surface area contributed by atoms with Crippen LogP contribution >= 0.6 is 11.3 Å². The number of pyridine rings is 1. The summed E-state index contributed by atoms with van der Waals surface area (Å²) in [4.78, 5) is 93.7. The highest BCUT2D eigenvalue weighted by molar-refractivity contribution is 7.13. The summed E-state index contributed by atoms with van der Waals surface area (Å²) in [6.07, 6.45) is -0.584. The fourth-order valence-corrected chi connectivity index (χ4v) is 12.0. The Morgan fingerprint density at radius 1 is 0.881 bits per heavy atom. The zero-order chi connectivity index (χ0) is 60.6. The molecule has 84 heavy (non-hydrogen) atoms. The Hall–Kier alpha value is -7.56. The number of thiazole rings is 1. The molecule has 0 spiro atoms. The zero-order valence-corrected chi connectivity index (χ0v) is 49.1. The average molecular weight is 1180 g/mol. The maximum atomic E-state index is 16.0. The number of unbranched alkanes of at least 4 members (excludes halogenated alkanes) is 5. The van der Waals surface area contributed by atoms with E-state index in [1.807, 2.05) is 70.8 Å². The molecule has 5 heterocycles. The number of aromatic amines is 1. The number of aliphatic hydroxyl groups is 1. The summed E-state index contributed by atoms with van der Waals surface area (Å²) in [6.45, 7) is 12.9. The SMILES string of the molecule is Cc1cc([C@H](C(=O)N2C[C@H](O)C[C@H]2C(=O)N[C@@H](CC(=O)NCCCCCCCCC(=O)c2ccc(-c3ccc(N4C[C@@H](C)N(C)[C@@H](C)C4)c(NC(=O)c4c[nH]c(=O)cc4C(F)(F)F)c3)c(F)c2)c2ccc(-c3scnc3C)cc2)C(C)C)on1. The Balaban J connectivity index is 0.828. The number of nitrogens with one attached hydrogen (secondary N) is 4. The minimum atomic E-state index is -4.99. The topological polar surface area (TPSA) is 223 Å². The van der Waals surface area contributed by atoms with Crippen molar-refractivity contribution >= 4 is 52.1 Å². The van der Waals surface area contributed by atoms with E-state index in [1.165, 1.54) is 34.4 Å². The number of aliphatic hydroxyl groups excluding tert-OH is 1. The van der Waals surface area contributed by atoms with Crippen LogP contribution < -0.4 is 26.4 Å². The predicted octanol–water partition coefficient (Wildman–Crippen LogP) is 10.4. The lowest BCUT2D eigenvalue weighted by Crippen LogP contribution is -2.55. The van der Waals surface area contributed by atoms with Crippen LogP contribution in [0.5, 0.6) is 0 Å². The van der Waals surface area contributed by atoms with E-state index in [9.17, 15) is 47.0 Å². The molecule has 0 bridgehead atoms. The number of likely N-dealkylation sites (N-methyl/N-ethyl adjacent to an activating group) is 1. The molecule has 6 atom stereocenters. The van der Waals surface area contributed by atoms with E-state index in [1.54, 1.807) is 30.6 Å². The summed E-state index contributed by atoms with van der Waals surface area (Å²) in [5, 5.41) is 23.4. The maximum absolute atomic E-state index is 16.0. The van der Waals surface area contributed by atoms with Crippen LogP contribution in [0.15, 0.2) is 93.8 Å². The van der Waals surface area contributed by atoms with Gasteiger partial charge in [0.05, 0.1) is 62.8 Å². The second kappa shape index (κ2) is 27.4. The van der Waals surface area contributed by atoms with Gasteiger partial charge in [0.1, 0.15) is 23.5 Å². The molecule has 2 fully saturated rings. The Labute approximate surface area is 489 Å². The molecule has 5 N–H and O–H groups in total. The maximum Gasteiger partial charge on any atom is 0.417 e. The van der Waals surface area contributed by atoms with Gasteiger partial charge in [0.15, 0.2) is 5.78 Å². The van der Waals surface area contributed by atoms with Crippen molar-refractivity contribution in [3.05, 3.63) is 140 Å². The van der Waals surface area contributed by atoms with Crippen LogP contribution in [0.25, 0.3) is 21.6 Å². The molecule has 0 radical (unpaired) electrons. The number of piperazine rings is 1. The lowest BCUT2D eigenvalue weighted by Gasteiger charge is -2.44. The van der Waals surface area contributed by atoms with Crippen molar-refractivity contribution in [1.29, 1.82) is 0 Å². The van der Waals surface area contributed by atoms with E-state index in [0.29, 0.717) is 66.8 Å². The van der Waals surface area contributed by atoms with Crippen LogP contribution in [-0.2, 0) is 20.6 Å². The van der Waals surface area contributed by atoms with E-state index < -0.39 is 64.6 Å². The highest BCUT2D eigenvalue weighted by atomic mass is 32.1. The molecule has 0 aliphatic carbocycles. The third kappa shape index (κ3) is 15.2. The monoisotopic (exact) mass is 1180 g/mol. The molecule has 3 aromatic heterocycles. The number of H-pyrrole nitrogens is 1. The van der Waals surface area contributed by atoms with Crippen LogP contribution in [0.4, 0.5) is 28.9 Å². The number of carbonyl (C=O) groups excluding carboxylic acids is 5. The third-order valence-electron chi connectivity index (χ3n) is 16.0. The van der Waals surface area contributed by atoms with Crippen molar-refractivity contribution in [3.63, 3.8) is 0 Å². The number of hydrogen-bond donors (Lipinski definition) is 5. The molecule has 3 aromatic carbocycles. The number of rotatable bonds is 23. The first kappa shape index (κ1) is 62.5. The van der Waals surface area contributed by atoms with Gasteiger partial charge in [-0.3, -0.25) is 33.7 Å². The highest BCUT2D eigenvalue weighted by Gasteiger charge is 2.44. The Bertz CT molecular complexity index is 3370. The second-order valence-electron chi connectivity index (χ2n) is 22.6. The van der Waals surface area contributed by atoms with Crippen molar-refractivity contribution in [1.82, 2.24) is 35.6 Å². The fourth-order valence-electron chi connectivity index (χ4n) is 11.1. The van der Waals surface area contributed by atoms with Crippen LogP contribution in [0.2, 0.25) is 0 Å². The summed E-state index contributed by atoms with van der Waals surface area (Å²) in [6, 6.07) is 17.0. The lowest BCUT2D eigenvalue weighted by atomic mass is 9.91. The Kier molecular flexibility index (Phi) is 20.4. The molecule has 4 amide bonds. The van der Waals surface area contributed by atoms with Gasteiger partial charge >= 0.3 is 6.18 Å². The predicted molar refractivity (Wildman–Crippen MR) is 313 cm³/mol. The van der Waals surface area contributed by atoms with E-state index in [-0.39, 0.29) is 78.2 Å². The number of hydrogen-bond acceptors (Lipinski definition) is 13. The standard InChI is InChI=1S/C62H73F4N9O8S/c1-35(2)57(54-24-36(3)72-83-54)61(82)75-33-44(76)27-52(75)60(81)70-49(40-15-17-41(18-16-40)58-39(6)69-34-84-58)29-56(79)67-23-13-11-9-8-10-12-14-53(77)43-19-21-45(48(63)25-43)42-20-22-51(74-31-37(4)73(7)38(5)32-74)50(26-42)71-59(80)46-30-68-55(78)28-47(46)62(64,65)66/h15-22,24-26,28,30,34-35,37-38,44,49,52,57,76H,8-14,23,27,29,31-33H2,1-7H3,(H,67,79)(H,68,78)(H,70,81)(H,71,80)/t37-,38+,44-,49+,52+,57-/m1/s1. The molecule has 22 heteroatoms. The van der Waals surface area contributed by atoms with Crippen molar-refractivity contribution in [2.75, 3.05) is 43.4 Å². The van der Waals surface area contributed by atoms with Gasteiger partial charge < -0.3 is 40.4 Å². The number of likely N-dealkylation sites (tertiary alicyclic amines) is 1. The quantitative estimate of drug-likeness (QED) is 0.0230. The normalized spacial score (nSPS) is 18.2. The molecule has 17 nitrogen and oxygen atoms in total. The largest absolute Gasteiger partial charge is 0.417 e. The highest BCUT2D eigenvalue weighted by Crippen LogP contribution is 2.38. The van der Waals surface area contributed by atoms with E-state index in [4.69, 9.17) is 4.52 Å². The van der Waals surface area contributed by atoms with Crippen molar-refractivity contribution in [3.8, 4) is 21.6 Å². The smallest absolute Gasteiger partial charge is 0.391 e. The molecule has 448 valence electrons. The molecular formula is C62H73F4N9O8S. The number of ketones is 1. The summed E-state index contributed by atoms with van der Waals surface area (Å²) in [7, 11) is 1.99. The van der Waals surface area contributed by atoms with Crippen molar-refractivity contribution < 1.29 is 51.2 Å². The molecule has 6 aromatic rings. The Morgan fingerprint density at radius 3 is 2.21 bits per heavy atom. The lowest BCUT2D eigenvalue weighted by molar-refractivity contribution is -0.141. The fraction of sp³-hybridized carbons (Fsp3) is 0.452. The number of halogens is 4. The van der Waals surface area contributed by atoms with Gasteiger partial charge in [-0.05, 0) is 88.4 Å². The van der Waals surface area contributed by atoms with Crippen LogP contribution in [-0.4, -0.2) is 117 Å². The van der Waals surface area contributed by atoms with Crippen LogP contribution in [0, 0.1) is 25.6 Å². The number of benzene rings is 3. The van der Waals surface area contributed by atoms with Gasteiger partial charge in [0.2, 0.25) is 23.3 Å². The first-order chi connectivity index (χ1) is 40.0. The minimum Gasteiger partial charge on any atom is -0.391 e. The van der Waals surface area contributed by atoms with Gasteiger partial charge in [-0.1, -0.05) is 87.2 Å². The number of nitrogens with zero attached hydrogens (tertiary/aromatic N) is 5. The van der Waals surface area contributed by atoms with E-state index in [2.05, 4.69) is 36.0 Å².